The zero-order chi connectivity index (χ0) is 14.1. The van der Waals surface area contributed by atoms with Gasteiger partial charge in [0, 0.05) is 39.8 Å². The molecule has 5 unspecified atom stereocenters. The quantitative estimate of drug-likeness (QED) is 0.591. The van der Waals surface area contributed by atoms with Crippen molar-refractivity contribution in [1.82, 2.24) is 9.80 Å². The van der Waals surface area contributed by atoms with E-state index in [9.17, 15) is 0 Å². The van der Waals surface area contributed by atoms with Gasteiger partial charge in [0.15, 0.2) is 6.29 Å². The van der Waals surface area contributed by atoms with Gasteiger partial charge in [-0.2, -0.15) is 0 Å². The van der Waals surface area contributed by atoms with Crippen molar-refractivity contribution in [1.29, 1.82) is 0 Å². The summed E-state index contributed by atoms with van der Waals surface area (Å²) < 4.78 is 22.0. The number of nitrogens with zero attached hydrogens (tertiary/aromatic N) is 2. The molecule has 6 nitrogen and oxygen atoms in total. The highest BCUT2D eigenvalue weighted by Crippen LogP contribution is 2.39. The van der Waals surface area contributed by atoms with Gasteiger partial charge >= 0.3 is 0 Å². The lowest BCUT2D eigenvalue weighted by Crippen LogP contribution is -2.43. The second kappa shape index (κ2) is 6.25. The van der Waals surface area contributed by atoms with Crippen molar-refractivity contribution in [3.63, 3.8) is 0 Å². The van der Waals surface area contributed by atoms with Crippen LogP contribution in [0.5, 0.6) is 0 Å². The molecule has 3 aliphatic rings. The Morgan fingerprint density at radius 2 is 2.05 bits per heavy atom. The third-order valence-electron chi connectivity index (χ3n) is 4.40. The molecule has 3 rings (SSSR count). The molecule has 6 heteroatoms. The van der Waals surface area contributed by atoms with Gasteiger partial charge in [-0.25, -0.2) is 0 Å². The molecule has 0 N–H and O–H groups in total. The van der Waals surface area contributed by atoms with E-state index in [0.29, 0.717) is 25.0 Å². The maximum absolute atomic E-state index is 5.90. The van der Waals surface area contributed by atoms with Crippen LogP contribution in [-0.4, -0.2) is 87.6 Å². The van der Waals surface area contributed by atoms with E-state index in [2.05, 4.69) is 16.8 Å². The molecule has 0 amide bonds. The average Bonchev–Trinajstić information content (AvgIpc) is 3.32. The molecule has 0 aliphatic carbocycles. The molecule has 5 atom stereocenters. The second-order valence-corrected chi connectivity index (χ2v) is 5.80. The highest BCUT2D eigenvalue weighted by atomic mass is 16.8. The minimum atomic E-state index is 0.00996. The van der Waals surface area contributed by atoms with Gasteiger partial charge in [0.2, 0.25) is 0 Å². The molecule has 0 aromatic rings. The summed E-state index contributed by atoms with van der Waals surface area (Å²) in [4.78, 5) is 4.84. The van der Waals surface area contributed by atoms with E-state index in [1.54, 1.807) is 7.11 Å². The third-order valence-corrected chi connectivity index (χ3v) is 4.40. The van der Waals surface area contributed by atoms with Gasteiger partial charge in [-0.1, -0.05) is 0 Å². The fourth-order valence-electron chi connectivity index (χ4n) is 3.18. The van der Waals surface area contributed by atoms with E-state index < -0.39 is 0 Å². The largest absolute Gasteiger partial charge is 0.383 e. The van der Waals surface area contributed by atoms with Gasteiger partial charge < -0.3 is 18.9 Å². The first kappa shape index (κ1) is 14.7. The Balaban J connectivity index is 1.45. The smallest absolute Gasteiger partial charge is 0.184 e. The Labute approximate surface area is 120 Å². The number of hydrogen-bond acceptors (Lipinski definition) is 6. The number of likely N-dealkylation sites (N-methyl/N-ethyl adjacent to an activating group) is 1. The number of ether oxygens (including phenoxy) is 4. The molecule has 0 aromatic heterocycles. The molecular formula is C14H26N2O4. The predicted molar refractivity (Wildman–Crippen MR) is 73.4 cm³/mol. The first-order valence-electron chi connectivity index (χ1n) is 7.60. The first-order valence-corrected chi connectivity index (χ1v) is 7.60. The van der Waals surface area contributed by atoms with Gasteiger partial charge in [-0.15, -0.1) is 0 Å². The zero-order valence-electron chi connectivity index (χ0n) is 12.7. The molecule has 3 heterocycles. The Morgan fingerprint density at radius 3 is 2.80 bits per heavy atom. The summed E-state index contributed by atoms with van der Waals surface area (Å²) in [5, 5.41) is 0. The lowest BCUT2D eigenvalue weighted by molar-refractivity contribution is 0.0593. The van der Waals surface area contributed by atoms with Crippen LogP contribution in [0.2, 0.25) is 0 Å². The van der Waals surface area contributed by atoms with Crippen molar-refractivity contribution in [3.8, 4) is 0 Å². The van der Waals surface area contributed by atoms with Crippen LogP contribution in [0.15, 0.2) is 0 Å². The van der Waals surface area contributed by atoms with Crippen LogP contribution in [0.4, 0.5) is 0 Å². The van der Waals surface area contributed by atoms with E-state index >= 15 is 0 Å². The minimum absolute atomic E-state index is 0.00996. The van der Waals surface area contributed by atoms with Gasteiger partial charge in [0.05, 0.1) is 18.9 Å². The fraction of sp³-hybridized carbons (Fsp3) is 1.00. The number of methoxy groups -OCH3 is 1. The number of rotatable bonds is 8. The lowest BCUT2D eigenvalue weighted by Gasteiger charge is -2.26. The highest BCUT2D eigenvalue weighted by molar-refractivity contribution is 5.00. The molecular weight excluding hydrogens is 260 g/mol. The summed E-state index contributed by atoms with van der Waals surface area (Å²) in [7, 11) is 3.93. The van der Waals surface area contributed by atoms with E-state index in [1.165, 1.54) is 0 Å². The fourth-order valence-corrected chi connectivity index (χ4v) is 3.18. The zero-order valence-corrected chi connectivity index (χ0v) is 12.7. The van der Waals surface area contributed by atoms with Crippen molar-refractivity contribution >= 4 is 0 Å². The SMILES string of the molecule is CCOC1OC1CC1OC1C1N(C)CCN1CCOC. The van der Waals surface area contributed by atoms with Crippen LogP contribution in [-0.2, 0) is 18.9 Å². The van der Waals surface area contributed by atoms with Gasteiger partial charge in [0.25, 0.3) is 0 Å². The normalized spacial score (nSPS) is 41.2. The van der Waals surface area contributed by atoms with E-state index in [4.69, 9.17) is 18.9 Å². The summed E-state index contributed by atoms with van der Waals surface area (Å²) in [6.07, 6.45) is 2.23. The molecule has 0 saturated carbocycles. The van der Waals surface area contributed by atoms with E-state index in [0.717, 1.165) is 32.7 Å². The molecule has 3 aliphatic heterocycles. The summed E-state index contributed by atoms with van der Waals surface area (Å²) in [6.45, 7) is 6.66. The van der Waals surface area contributed by atoms with Crippen molar-refractivity contribution < 1.29 is 18.9 Å². The summed E-state index contributed by atoms with van der Waals surface area (Å²) in [5.41, 5.74) is 0. The summed E-state index contributed by atoms with van der Waals surface area (Å²) in [6, 6.07) is 0. The lowest BCUT2D eigenvalue weighted by atomic mass is 10.1. The Morgan fingerprint density at radius 1 is 1.20 bits per heavy atom. The van der Waals surface area contributed by atoms with Gasteiger partial charge in [-0.3, -0.25) is 9.80 Å². The summed E-state index contributed by atoms with van der Waals surface area (Å²) >= 11 is 0. The molecule has 3 saturated heterocycles. The molecule has 0 radical (unpaired) electrons. The van der Waals surface area contributed by atoms with Crippen molar-refractivity contribution in [2.45, 2.75) is 44.1 Å². The van der Waals surface area contributed by atoms with Gasteiger partial charge in [-0.05, 0) is 14.0 Å². The van der Waals surface area contributed by atoms with Gasteiger partial charge in [0.1, 0.15) is 12.2 Å². The second-order valence-electron chi connectivity index (χ2n) is 5.80. The van der Waals surface area contributed by atoms with Crippen molar-refractivity contribution in [2.75, 3.05) is 47.0 Å². The van der Waals surface area contributed by atoms with E-state index in [-0.39, 0.29) is 12.4 Å². The molecule has 0 spiro atoms. The van der Waals surface area contributed by atoms with Crippen LogP contribution in [0.3, 0.4) is 0 Å². The first-order chi connectivity index (χ1) is 9.74. The van der Waals surface area contributed by atoms with Crippen LogP contribution >= 0.6 is 0 Å². The number of hydrogen-bond donors (Lipinski definition) is 0. The van der Waals surface area contributed by atoms with Crippen LogP contribution in [0.1, 0.15) is 13.3 Å². The summed E-state index contributed by atoms with van der Waals surface area (Å²) in [5.74, 6) is 0. The maximum Gasteiger partial charge on any atom is 0.184 e. The topological polar surface area (TPSA) is 50.0 Å². The number of epoxide rings is 2. The molecule has 20 heavy (non-hydrogen) atoms. The van der Waals surface area contributed by atoms with Crippen molar-refractivity contribution in [3.05, 3.63) is 0 Å². The molecule has 0 aromatic carbocycles. The predicted octanol–water partition coefficient (Wildman–Crippen LogP) is 0.125. The minimum Gasteiger partial charge on any atom is -0.383 e. The Bertz CT molecular complexity index is 330. The van der Waals surface area contributed by atoms with Crippen molar-refractivity contribution in [2.24, 2.45) is 0 Å². The monoisotopic (exact) mass is 286 g/mol. The average molecular weight is 286 g/mol. The highest BCUT2D eigenvalue weighted by Gasteiger charge is 2.54. The molecule has 3 fully saturated rings. The van der Waals surface area contributed by atoms with E-state index in [1.807, 2.05) is 6.92 Å². The molecule has 116 valence electrons. The Kier molecular flexibility index (Phi) is 4.59. The van der Waals surface area contributed by atoms with Crippen LogP contribution in [0, 0.1) is 0 Å². The maximum atomic E-state index is 5.90. The molecule has 0 bridgehead atoms. The van der Waals surface area contributed by atoms with Crippen LogP contribution < -0.4 is 0 Å². The Hall–Kier alpha value is -0.240. The third kappa shape index (κ3) is 3.16. The van der Waals surface area contributed by atoms with Crippen LogP contribution in [0.25, 0.3) is 0 Å². The standard InChI is InChI=1S/C14H26N2O4/c1-4-18-14-11(20-14)9-10-12(19-10)13-15(2)5-6-16(13)7-8-17-3/h10-14H,4-9H2,1-3H3.